The fraction of sp³-hybridized carbons (Fsp3) is 0.467. The minimum atomic E-state index is -0.463. The molecule has 0 radical (unpaired) electrons. The van der Waals surface area contributed by atoms with Crippen LogP contribution in [0, 0.1) is 0 Å². The minimum absolute atomic E-state index is 0.108. The van der Waals surface area contributed by atoms with Crippen LogP contribution in [0.4, 0.5) is 0 Å². The first-order valence-corrected chi connectivity index (χ1v) is 7.11. The van der Waals surface area contributed by atoms with Crippen molar-refractivity contribution < 1.29 is 9.59 Å². The van der Waals surface area contributed by atoms with Gasteiger partial charge >= 0.3 is 11.8 Å². The van der Waals surface area contributed by atoms with E-state index in [-0.39, 0.29) is 6.04 Å². The average molecular weight is 273 g/mol. The van der Waals surface area contributed by atoms with Crippen LogP contribution in [-0.4, -0.2) is 48.9 Å². The van der Waals surface area contributed by atoms with Gasteiger partial charge in [0.1, 0.15) is 0 Å². The summed E-state index contributed by atoms with van der Waals surface area (Å²) in [6.07, 6.45) is 0.921. The molecule has 5 nitrogen and oxygen atoms in total. The summed E-state index contributed by atoms with van der Waals surface area (Å²) < 4.78 is 0. The third-order valence-electron chi connectivity index (χ3n) is 3.93. The molecule has 1 heterocycles. The van der Waals surface area contributed by atoms with Gasteiger partial charge in [-0.3, -0.25) is 9.59 Å². The quantitative estimate of drug-likeness (QED) is 0.751. The van der Waals surface area contributed by atoms with Crippen LogP contribution >= 0.6 is 0 Å². The topological polar surface area (TPSA) is 61.4 Å². The third-order valence-corrected chi connectivity index (χ3v) is 3.93. The molecule has 1 aromatic carbocycles. The number of hydrogen-bond donors (Lipinski definition) is 2. The first kappa shape index (κ1) is 13.1. The Labute approximate surface area is 118 Å². The fourth-order valence-corrected chi connectivity index (χ4v) is 2.66. The van der Waals surface area contributed by atoms with E-state index < -0.39 is 11.8 Å². The van der Waals surface area contributed by atoms with Gasteiger partial charge in [-0.25, -0.2) is 0 Å². The molecule has 106 valence electrons. The van der Waals surface area contributed by atoms with Gasteiger partial charge in [-0.1, -0.05) is 30.3 Å². The standard InChI is InChI=1S/C15H19N3O2/c19-14(15(20)18-8-6-16-7-9-18)17-13-10-12(13)11-4-2-1-3-5-11/h1-5,12-13,16H,6-10H2,(H,17,19). The second-order valence-electron chi connectivity index (χ2n) is 5.38. The number of rotatable bonds is 2. The molecule has 1 saturated carbocycles. The Morgan fingerprint density at radius 1 is 1.15 bits per heavy atom. The monoisotopic (exact) mass is 273 g/mol. The molecule has 1 aliphatic heterocycles. The van der Waals surface area contributed by atoms with E-state index in [9.17, 15) is 9.59 Å². The third kappa shape index (κ3) is 2.82. The highest BCUT2D eigenvalue weighted by Crippen LogP contribution is 2.40. The Balaban J connectivity index is 1.52. The number of hydrogen-bond acceptors (Lipinski definition) is 3. The van der Waals surface area contributed by atoms with Gasteiger partial charge in [0.05, 0.1) is 0 Å². The molecule has 1 aliphatic carbocycles. The van der Waals surface area contributed by atoms with E-state index >= 15 is 0 Å². The summed E-state index contributed by atoms with van der Waals surface area (Å²) in [6.45, 7) is 2.74. The number of carbonyl (C=O) groups is 2. The molecule has 2 N–H and O–H groups in total. The van der Waals surface area contributed by atoms with Crippen LogP contribution in [0.1, 0.15) is 17.9 Å². The normalized spacial score (nSPS) is 25.1. The van der Waals surface area contributed by atoms with Crippen molar-refractivity contribution in [3.63, 3.8) is 0 Å². The number of benzene rings is 1. The van der Waals surface area contributed by atoms with Crippen molar-refractivity contribution in [2.24, 2.45) is 0 Å². The predicted octanol–water partition coefficient (Wildman–Crippen LogP) is 0.0905. The highest BCUT2D eigenvalue weighted by Gasteiger charge is 2.40. The van der Waals surface area contributed by atoms with Crippen molar-refractivity contribution in [1.82, 2.24) is 15.5 Å². The van der Waals surface area contributed by atoms with E-state index in [1.807, 2.05) is 18.2 Å². The van der Waals surface area contributed by atoms with E-state index in [1.165, 1.54) is 5.56 Å². The molecule has 3 rings (SSSR count). The summed E-state index contributed by atoms with van der Waals surface area (Å²) in [6, 6.07) is 10.2. The molecule has 1 aromatic rings. The van der Waals surface area contributed by atoms with E-state index in [0.29, 0.717) is 19.0 Å². The molecule has 20 heavy (non-hydrogen) atoms. The maximum Gasteiger partial charge on any atom is 0.311 e. The van der Waals surface area contributed by atoms with Gasteiger partial charge in [0.15, 0.2) is 0 Å². The highest BCUT2D eigenvalue weighted by atomic mass is 16.2. The molecule has 0 aromatic heterocycles. The van der Waals surface area contributed by atoms with Crippen LogP contribution in [0.5, 0.6) is 0 Å². The van der Waals surface area contributed by atoms with Crippen LogP contribution in [0.25, 0.3) is 0 Å². The molecule has 2 unspecified atom stereocenters. The maximum atomic E-state index is 12.0. The zero-order chi connectivity index (χ0) is 13.9. The van der Waals surface area contributed by atoms with Gasteiger partial charge in [0.25, 0.3) is 0 Å². The Morgan fingerprint density at radius 3 is 2.55 bits per heavy atom. The summed E-state index contributed by atoms with van der Waals surface area (Å²) in [5.41, 5.74) is 1.23. The lowest BCUT2D eigenvalue weighted by atomic mass is 10.1. The minimum Gasteiger partial charge on any atom is -0.344 e. The van der Waals surface area contributed by atoms with E-state index in [4.69, 9.17) is 0 Å². The van der Waals surface area contributed by atoms with E-state index in [1.54, 1.807) is 4.90 Å². The van der Waals surface area contributed by atoms with Gasteiger partial charge in [0, 0.05) is 38.1 Å². The Hall–Kier alpha value is -1.88. The Bertz CT molecular complexity index is 497. The molecule has 0 bridgehead atoms. The first-order chi connectivity index (χ1) is 9.75. The molecule has 2 aliphatic rings. The number of piperazine rings is 1. The van der Waals surface area contributed by atoms with Crippen LogP contribution in [0.2, 0.25) is 0 Å². The van der Waals surface area contributed by atoms with Crippen molar-refractivity contribution in [3.05, 3.63) is 35.9 Å². The average Bonchev–Trinajstić information content (AvgIpc) is 3.27. The Morgan fingerprint density at radius 2 is 1.85 bits per heavy atom. The summed E-state index contributed by atoms with van der Waals surface area (Å²) in [5, 5.41) is 6.01. The zero-order valence-corrected chi connectivity index (χ0v) is 11.3. The van der Waals surface area contributed by atoms with Crippen molar-refractivity contribution in [2.75, 3.05) is 26.2 Å². The second kappa shape index (κ2) is 5.63. The van der Waals surface area contributed by atoms with Gasteiger partial charge < -0.3 is 15.5 Å². The van der Waals surface area contributed by atoms with E-state index in [0.717, 1.165) is 19.5 Å². The van der Waals surface area contributed by atoms with Crippen molar-refractivity contribution in [3.8, 4) is 0 Å². The second-order valence-corrected chi connectivity index (χ2v) is 5.38. The summed E-state index contributed by atoms with van der Waals surface area (Å²) in [7, 11) is 0. The molecule has 5 heteroatoms. The van der Waals surface area contributed by atoms with E-state index in [2.05, 4.69) is 22.8 Å². The molecule has 2 fully saturated rings. The smallest absolute Gasteiger partial charge is 0.311 e. The van der Waals surface area contributed by atoms with Gasteiger partial charge in [-0.2, -0.15) is 0 Å². The van der Waals surface area contributed by atoms with Crippen molar-refractivity contribution >= 4 is 11.8 Å². The molecule has 0 spiro atoms. The lowest BCUT2D eigenvalue weighted by Crippen LogP contribution is -2.51. The Kier molecular flexibility index (Phi) is 3.69. The molecule has 2 atom stereocenters. The largest absolute Gasteiger partial charge is 0.344 e. The first-order valence-electron chi connectivity index (χ1n) is 7.11. The summed E-state index contributed by atoms with van der Waals surface area (Å²) in [5.74, 6) is -0.503. The lowest BCUT2D eigenvalue weighted by Gasteiger charge is -2.26. The zero-order valence-electron chi connectivity index (χ0n) is 11.3. The molecular weight excluding hydrogens is 254 g/mol. The van der Waals surface area contributed by atoms with Crippen LogP contribution in [0.15, 0.2) is 30.3 Å². The van der Waals surface area contributed by atoms with Crippen LogP contribution in [-0.2, 0) is 9.59 Å². The van der Waals surface area contributed by atoms with Gasteiger partial charge in [-0.05, 0) is 12.0 Å². The molecular formula is C15H19N3O2. The number of carbonyl (C=O) groups excluding carboxylic acids is 2. The van der Waals surface area contributed by atoms with Gasteiger partial charge in [0.2, 0.25) is 0 Å². The van der Waals surface area contributed by atoms with Crippen molar-refractivity contribution in [2.45, 2.75) is 18.4 Å². The molecule has 1 saturated heterocycles. The van der Waals surface area contributed by atoms with Crippen LogP contribution < -0.4 is 10.6 Å². The fourth-order valence-electron chi connectivity index (χ4n) is 2.66. The number of nitrogens with one attached hydrogen (secondary N) is 2. The van der Waals surface area contributed by atoms with Crippen LogP contribution in [0.3, 0.4) is 0 Å². The van der Waals surface area contributed by atoms with Crippen molar-refractivity contribution in [1.29, 1.82) is 0 Å². The number of nitrogens with zero attached hydrogens (tertiary/aromatic N) is 1. The van der Waals surface area contributed by atoms with Gasteiger partial charge in [-0.15, -0.1) is 0 Å². The summed E-state index contributed by atoms with van der Waals surface area (Å²) >= 11 is 0. The predicted molar refractivity (Wildman–Crippen MR) is 75.2 cm³/mol. The maximum absolute atomic E-state index is 12.0. The summed E-state index contributed by atoms with van der Waals surface area (Å²) in [4.78, 5) is 25.6. The lowest BCUT2D eigenvalue weighted by molar-refractivity contribution is -0.146. The molecule has 2 amide bonds. The number of amides is 2. The highest BCUT2D eigenvalue weighted by molar-refractivity contribution is 6.35. The SMILES string of the molecule is O=C(NC1CC1c1ccccc1)C(=O)N1CCNCC1.